The average molecular weight is 219 g/mol. The highest BCUT2D eigenvalue weighted by Gasteiger charge is 2.07. The summed E-state index contributed by atoms with van der Waals surface area (Å²) in [6.07, 6.45) is 3.64. The molecule has 0 bridgehead atoms. The van der Waals surface area contributed by atoms with E-state index in [0.29, 0.717) is 6.54 Å². The summed E-state index contributed by atoms with van der Waals surface area (Å²) in [4.78, 5) is 16.8. The van der Waals surface area contributed by atoms with E-state index < -0.39 is 0 Å². The average Bonchev–Trinajstić information content (AvgIpc) is 2.63. The van der Waals surface area contributed by atoms with Crippen molar-refractivity contribution in [1.29, 1.82) is 0 Å². The van der Waals surface area contributed by atoms with Gasteiger partial charge in [0.25, 0.3) is 0 Å². The molecule has 0 aliphatic rings. The monoisotopic (exact) mass is 219 g/mol. The Morgan fingerprint density at radius 2 is 2.38 bits per heavy atom. The molecule has 0 aliphatic carbocycles. The first-order chi connectivity index (χ1) is 7.52. The lowest BCUT2D eigenvalue weighted by atomic mass is 10.3. The molecule has 86 valence electrons. The number of imidazole rings is 1. The van der Waals surface area contributed by atoms with Crippen LogP contribution in [0.5, 0.6) is 0 Å². The number of carbonyl (C=O) groups is 1. The van der Waals surface area contributed by atoms with Gasteiger partial charge in [-0.2, -0.15) is 0 Å². The summed E-state index contributed by atoms with van der Waals surface area (Å²) < 4.78 is 1.97. The number of nitrogens with zero attached hydrogens (tertiary/aromatic N) is 3. The molecule has 16 heavy (non-hydrogen) atoms. The Kier molecular flexibility index (Phi) is 4.12. The van der Waals surface area contributed by atoms with E-state index in [0.717, 1.165) is 5.82 Å². The van der Waals surface area contributed by atoms with Crippen molar-refractivity contribution in [1.82, 2.24) is 14.5 Å². The Balaban J connectivity index is 2.56. The van der Waals surface area contributed by atoms with Crippen LogP contribution in [0.2, 0.25) is 0 Å². The lowest BCUT2D eigenvalue weighted by molar-refractivity contribution is -0.128. The van der Waals surface area contributed by atoms with Crippen molar-refractivity contribution in [2.24, 2.45) is 0 Å². The fourth-order valence-corrected chi connectivity index (χ4v) is 1.22. The zero-order valence-corrected chi connectivity index (χ0v) is 10.2. The maximum absolute atomic E-state index is 11.1. The SMILES string of the molecule is CC(=O)N(C)C(C)C#CCn1ccnc1C. The third kappa shape index (κ3) is 3.13. The molecule has 1 rings (SSSR count). The van der Waals surface area contributed by atoms with Gasteiger partial charge in [-0.3, -0.25) is 4.79 Å². The van der Waals surface area contributed by atoms with E-state index in [1.807, 2.05) is 24.6 Å². The van der Waals surface area contributed by atoms with Crippen LogP contribution in [0.3, 0.4) is 0 Å². The van der Waals surface area contributed by atoms with Crippen LogP contribution in [0.15, 0.2) is 12.4 Å². The highest BCUT2D eigenvalue weighted by Crippen LogP contribution is 1.96. The molecule has 1 atom stereocenters. The van der Waals surface area contributed by atoms with E-state index in [9.17, 15) is 4.79 Å². The molecule has 1 aromatic heterocycles. The first-order valence-corrected chi connectivity index (χ1v) is 5.22. The second kappa shape index (κ2) is 5.36. The molecule has 0 N–H and O–H groups in total. The minimum absolute atomic E-state index is 0.0283. The summed E-state index contributed by atoms with van der Waals surface area (Å²) in [5.74, 6) is 7.05. The Hall–Kier alpha value is -1.76. The molecule has 0 fully saturated rings. The minimum Gasteiger partial charge on any atom is -0.332 e. The minimum atomic E-state index is -0.0543. The van der Waals surface area contributed by atoms with Gasteiger partial charge >= 0.3 is 0 Å². The van der Waals surface area contributed by atoms with Gasteiger partial charge in [0.05, 0.1) is 12.6 Å². The van der Waals surface area contributed by atoms with Crippen molar-refractivity contribution in [2.45, 2.75) is 33.4 Å². The van der Waals surface area contributed by atoms with Crippen LogP contribution < -0.4 is 0 Å². The fraction of sp³-hybridized carbons (Fsp3) is 0.500. The van der Waals surface area contributed by atoms with Crippen molar-refractivity contribution >= 4 is 5.91 Å². The van der Waals surface area contributed by atoms with Crippen LogP contribution in [0.25, 0.3) is 0 Å². The van der Waals surface area contributed by atoms with Crippen molar-refractivity contribution in [3.05, 3.63) is 18.2 Å². The van der Waals surface area contributed by atoms with Gasteiger partial charge in [-0.05, 0) is 13.8 Å². The number of aromatic nitrogens is 2. The fourth-order valence-electron chi connectivity index (χ4n) is 1.22. The van der Waals surface area contributed by atoms with Crippen LogP contribution in [0.1, 0.15) is 19.7 Å². The Morgan fingerprint density at radius 1 is 1.69 bits per heavy atom. The summed E-state index contributed by atoms with van der Waals surface area (Å²) in [5, 5.41) is 0. The molecule has 0 spiro atoms. The number of rotatable bonds is 2. The predicted octanol–water partition coefficient (Wildman–Crippen LogP) is 1.06. The zero-order chi connectivity index (χ0) is 12.1. The number of hydrogen-bond donors (Lipinski definition) is 0. The molecule has 0 saturated carbocycles. The summed E-state index contributed by atoms with van der Waals surface area (Å²) in [6.45, 7) is 6.00. The molecular weight excluding hydrogens is 202 g/mol. The quantitative estimate of drug-likeness (QED) is 0.698. The summed E-state index contributed by atoms with van der Waals surface area (Å²) in [7, 11) is 1.75. The van der Waals surface area contributed by atoms with Gasteiger partial charge < -0.3 is 9.47 Å². The molecule has 0 saturated heterocycles. The van der Waals surface area contributed by atoms with Gasteiger partial charge in [0, 0.05) is 26.4 Å². The highest BCUT2D eigenvalue weighted by atomic mass is 16.2. The van der Waals surface area contributed by atoms with Crippen LogP contribution >= 0.6 is 0 Å². The van der Waals surface area contributed by atoms with Gasteiger partial charge in [-0.15, -0.1) is 0 Å². The van der Waals surface area contributed by atoms with Crippen LogP contribution in [-0.2, 0) is 11.3 Å². The lowest BCUT2D eigenvalue weighted by Gasteiger charge is -2.18. The molecule has 0 radical (unpaired) electrons. The standard InChI is InChI=1S/C12H17N3O/c1-10(14(4)12(3)16)6-5-8-15-9-7-13-11(15)2/h7,9-10H,8H2,1-4H3. The molecular formula is C12H17N3O. The predicted molar refractivity (Wildman–Crippen MR) is 62.6 cm³/mol. The Morgan fingerprint density at radius 3 is 2.88 bits per heavy atom. The third-order valence-electron chi connectivity index (χ3n) is 2.56. The van der Waals surface area contributed by atoms with Crippen LogP contribution in [0, 0.1) is 18.8 Å². The van der Waals surface area contributed by atoms with Crippen molar-refractivity contribution in [2.75, 3.05) is 7.05 Å². The molecule has 1 heterocycles. The topological polar surface area (TPSA) is 38.1 Å². The van der Waals surface area contributed by atoms with Crippen molar-refractivity contribution < 1.29 is 4.79 Å². The van der Waals surface area contributed by atoms with E-state index in [2.05, 4.69) is 16.8 Å². The van der Waals surface area contributed by atoms with Crippen molar-refractivity contribution in [3.63, 3.8) is 0 Å². The van der Waals surface area contributed by atoms with Gasteiger partial charge in [0.2, 0.25) is 5.91 Å². The van der Waals surface area contributed by atoms with Crippen LogP contribution in [0.4, 0.5) is 0 Å². The molecule has 4 heteroatoms. The van der Waals surface area contributed by atoms with E-state index >= 15 is 0 Å². The molecule has 0 aromatic carbocycles. The molecule has 0 aliphatic heterocycles. The number of amides is 1. The van der Waals surface area contributed by atoms with Gasteiger partial charge in [-0.1, -0.05) is 11.8 Å². The van der Waals surface area contributed by atoms with Crippen molar-refractivity contribution in [3.8, 4) is 11.8 Å². The Labute approximate surface area is 96.3 Å². The van der Waals surface area contributed by atoms with E-state index in [4.69, 9.17) is 0 Å². The number of hydrogen-bond acceptors (Lipinski definition) is 2. The van der Waals surface area contributed by atoms with E-state index in [1.165, 1.54) is 6.92 Å². The number of aryl methyl sites for hydroxylation is 1. The second-order valence-corrected chi connectivity index (χ2v) is 3.73. The molecule has 4 nitrogen and oxygen atoms in total. The molecule has 1 aromatic rings. The van der Waals surface area contributed by atoms with Gasteiger partial charge in [-0.25, -0.2) is 4.98 Å². The van der Waals surface area contributed by atoms with Gasteiger partial charge in [0.15, 0.2) is 0 Å². The smallest absolute Gasteiger partial charge is 0.220 e. The second-order valence-electron chi connectivity index (χ2n) is 3.73. The number of carbonyl (C=O) groups excluding carboxylic acids is 1. The van der Waals surface area contributed by atoms with Gasteiger partial charge in [0.1, 0.15) is 5.82 Å². The lowest BCUT2D eigenvalue weighted by Crippen LogP contribution is -2.32. The van der Waals surface area contributed by atoms with Crippen LogP contribution in [-0.4, -0.2) is 33.4 Å². The van der Waals surface area contributed by atoms with E-state index in [-0.39, 0.29) is 11.9 Å². The summed E-state index contributed by atoms with van der Waals surface area (Å²) in [5.41, 5.74) is 0. The first-order valence-electron chi connectivity index (χ1n) is 5.22. The highest BCUT2D eigenvalue weighted by molar-refractivity contribution is 5.73. The Bertz CT molecular complexity index is 425. The third-order valence-corrected chi connectivity index (χ3v) is 2.56. The van der Waals surface area contributed by atoms with E-state index in [1.54, 1.807) is 18.1 Å². The summed E-state index contributed by atoms with van der Waals surface area (Å²) in [6, 6.07) is -0.0543. The first kappa shape index (κ1) is 12.3. The summed E-state index contributed by atoms with van der Waals surface area (Å²) >= 11 is 0. The largest absolute Gasteiger partial charge is 0.332 e. The normalized spacial score (nSPS) is 11.5. The zero-order valence-electron chi connectivity index (χ0n) is 10.2. The molecule has 1 unspecified atom stereocenters. The molecule has 1 amide bonds. The maximum Gasteiger partial charge on any atom is 0.220 e. The maximum atomic E-state index is 11.1.